The van der Waals surface area contributed by atoms with Gasteiger partial charge in [-0.2, -0.15) is 0 Å². The fourth-order valence-electron chi connectivity index (χ4n) is 3.82. The van der Waals surface area contributed by atoms with Crippen LogP contribution in [-0.4, -0.2) is 28.0 Å². The molecule has 0 amide bonds. The number of nitrogens with zero attached hydrogens (tertiary/aromatic N) is 2. The van der Waals surface area contributed by atoms with Gasteiger partial charge in [0.1, 0.15) is 4.83 Å². The van der Waals surface area contributed by atoms with E-state index in [1.165, 1.54) is 17.7 Å². The van der Waals surface area contributed by atoms with Gasteiger partial charge >= 0.3 is 0 Å². The normalized spacial score (nSPS) is 22.0. The van der Waals surface area contributed by atoms with Crippen molar-refractivity contribution >= 4 is 33.3 Å². The third-order valence-corrected chi connectivity index (χ3v) is 7.50. The first kappa shape index (κ1) is 16.6. The van der Waals surface area contributed by atoms with Gasteiger partial charge in [-0.1, -0.05) is 24.6 Å². The highest BCUT2D eigenvalue weighted by Crippen LogP contribution is 2.35. The van der Waals surface area contributed by atoms with E-state index in [9.17, 15) is 4.79 Å². The molecule has 1 unspecified atom stereocenters. The first-order valence-electron chi connectivity index (χ1n) is 8.92. The molecule has 4 rings (SSSR count). The molecule has 2 aliphatic rings. The molecular weight excluding hydrogens is 340 g/mol. The van der Waals surface area contributed by atoms with E-state index in [0.29, 0.717) is 12.1 Å². The summed E-state index contributed by atoms with van der Waals surface area (Å²) < 4.78 is 7.76. The monoisotopic (exact) mass is 364 g/mol. The van der Waals surface area contributed by atoms with Gasteiger partial charge in [-0.3, -0.25) is 9.36 Å². The SMILES string of the molecule is Cc1sc2nc(SCC3CCCO3)n(C3CCCC3)c(=O)c2c1C. The van der Waals surface area contributed by atoms with Gasteiger partial charge in [0.05, 0.1) is 11.5 Å². The van der Waals surface area contributed by atoms with Gasteiger partial charge in [0.15, 0.2) is 5.16 Å². The van der Waals surface area contributed by atoms with Crippen LogP contribution in [0.25, 0.3) is 10.2 Å². The quantitative estimate of drug-likeness (QED) is 0.593. The Labute approximate surface area is 150 Å². The van der Waals surface area contributed by atoms with Crippen molar-refractivity contribution in [3.63, 3.8) is 0 Å². The van der Waals surface area contributed by atoms with Gasteiger partial charge in [-0.05, 0) is 45.1 Å². The predicted octanol–water partition coefficient (Wildman–Crippen LogP) is 4.46. The smallest absolute Gasteiger partial charge is 0.263 e. The average Bonchev–Trinajstić information content (AvgIpc) is 3.29. The fourth-order valence-corrected chi connectivity index (χ4v) is 6.02. The highest BCUT2D eigenvalue weighted by atomic mass is 32.2. The van der Waals surface area contributed by atoms with E-state index in [1.54, 1.807) is 23.1 Å². The maximum atomic E-state index is 13.3. The van der Waals surface area contributed by atoms with E-state index in [1.807, 2.05) is 4.57 Å². The van der Waals surface area contributed by atoms with Gasteiger partial charge < -0.3 is 4.74 Å². The van der Waals surface area contributed by atoms with Gasteiger partial charge in [0, 0.05) is 23.3 Å². The average molecular weight is 365 g/mol. The van der Waals surface area contributed by atoms with Crippen LogP contribution in [0.2, 0.25) is 0 Å². The summed E-state index contributed by atoms with van der Waals surface area (Å²) in [6.45, 7) is 5.01. The molecule has 1 aliphatic heterocycles. The lowest BCUT2D eigenvalue weighted by Gasteiger charge is -2.19. The minimum Gasteiger partial charge on any atom is -0.377 e. The van der Waals surface area contributed by atoms with Crippen molar-refractivity contribution in [2.75, 3.05) is 12.4 Å². The second-order valence-electron chi connectivity index (χ2n) is 6.92. The topological polar surface area (TPSA) is 44.1 Å². The Morgan fingerprint density at radius 1 is 1.25 bits per heavy atom. The van der Waals surface area contributed by atoms with Crippen LogP contribution in [-0.2, 0) is 4.74 Å². The third-order valence-electron chi connectivity index (χ3n) is 5.31. The maximum absolute atomic E-state index is 13.3. The number of ether oxygens (including phenoxy) is 1. The molecule has 4 nitrogen and oxygen atoms in total. The predicted molar refractivity (Wildman–Crippen MR) is 101 cm³/mol. The van der Waals surface area contributed by atoms with Gasteiger partial charge in [0.2, 0.25) is 0 Å². The summed E-state index contributed by atoms with van der Waals surface area (Å²) in [4.78, 5) is 20.3. The molecule has 1 saturated heterocycles. The molecule has 0 bridgehead atoms. The number of aryl methyl sites for hydroxylation is 2. The number of hydrogen-bond acceptors (Lipinski definition) is 5. The highest BCUT2D eigenvalue weighted by Gasteiger charge is 2.26. The first-order chi connectivity index (χ1) is 11.6. The van der Waals surface area contributed by atoms with Crippen molar-refractivity contribution in [1.29, 1.82) is 0 Å². The molecule has 1 aliphatic carbocycles. The van der Waals surface area contributed by atoms with Crippen molar-refractivity contribution < 1.29 is 4.74 Å². The number of fused-ring (bicyclic) bond motifs is 1. The van der Waals surface area contributed by atoms with Crippen molar-refractivity contribution in [2.45, 2.75) is 69.7 Å². The Balaban J connectivity index is 1.77. The van der Waals surface area contributed by atoms with E-state index >= 15 is 0 Å². The van der Waals surface area contributed by atoms with Crippen LogP contribution in [0.4, 0.5) is 0 Å². The minimum absolute atomic E-state index is 0.170. The number of rotatable bonds is 4. The zero-order valence-corrected chi connectivity index (χ0v) is 16.0. The molecule has 1 saturated carbocycles. The summed E-state index contributed by atoms with van der Waals surface area (Å²) >= 11 is 3.36. The standard InChI is InChI=1S/C18H24N2O2S2/c1-11-12(2)24-16-15(11)17(21)20(13-6-3-4-7-13)18(19-16)23-10-14-8-5-9-22-14/h13-14H,3-10H2,1-2H3. The van der Waals surface area contributed by atoms with Crippen molar-refractivity contribution in [1.82, 2.24) is 9.55 Å². The lowest BCUT2D eigenvalue weighted by Crippen LogP contribution is -2.26. The van der Waals surface area contributed by atoms with Crippen LogP contribution in [0.3, 0.4) is 0 Å². The molecule has 6 heteroatoms. The molecule has 0 spiro atoms. The van der Waals surface area contributed by atoms with Gasteiger partial charge in [-0.15, -0.1) is 11.3 Å². The lowest BCUT2D eigenvalue weighted by molar-refractivity contribution is 0.129. The summed E-state index contributed by atoms with van der Waals surface area (Å²) in [5.41, 5.74) is 1.28. The maximum Gasteiger partial charge on any atom is 0.263 e. The Bertz CT molecular complexity index is 799. The second kappa shape index (κ2) is 6.81. The molecule has 2 aromatic heterocycles. The van der Waals surface area contributed by atoms with E-state index in [2.05, 4.69) is 13.8 Å². The highest BCUT2D eigenvalue weighted by molar-refractivity contribution is 7.99. The van der Waals surface area contributed by atoms with E-state index in [4.69, 9.17) is 9.72 Å². The van der Waals surface area contributed by atoms with Crippen LogP contribution >= 0.6 is 23.1 Å². The zero-order chi connectivity index (χ0) is 16.7. The van der Waals surface area contributed by atoms with Crippen LogP contribution in [0.1, 0.15) is 55.0 Å². The van der Waals surface area contributed by atoms with Gasteiger partial charge in [0.25, 0.3) is 5.56 Å². The third kappa shape index (κ3) is 2.93. The molecule has 3 heterocycles. The largest absolute Gasteiger partial charge is 0.377 e. The second-order valence-corrected chi connectivity index (χ2v) is 9.11. The molecule has 2 aromatic rings. The summed E-state index contributed by atoms with van der Waals surface area (Å²) in [5, 5.41) is 1.74. The van der Waals surface area contributed by atoms with Crippen LogP contribution < -0.4 is 5.56 Å². The molecule has 130 valence electrons. The van der Waals surface area contributed by atoms with Crippen molar-refractivity contribution in [3.8, 4) is 0 Å². The van der Waals surface area contributed by atoms with E-state index < -0.39 is 0 Å². The minimum atomic E-state index is 0.170. The molecule has 0 N–H and O–H groups in total. The van der Waals surface area contributed by atoms with Crippen molar-refractivity contribution in [2.24, 2.45) is 0 Å². The number of thiophene rings is 1. The molecule has 24 heavy (non-hydrogen) atoms. The van der Waals surface area contributed by atoms with E-state index in [-0.39, 0.29) is 5.56 Å². The first-order valence-corrected chi connectivity index (χ1v) is 10.7. The van der Waals surface area contributed by atoms with Crippen LogP contribution in [0.15, 0.2) is 9.95 Å². The molecule has 1 atom stereocenters. The number of hydrogen-bond donors (Lipinski definition) is 0. The Morgan fingerprint density at radius 2 is 2.04 bits per heavy atom. The summed E-state index contributed by atoms with van der Waals surface area (Å²) in [6, 6.07) is 0.320. The Hall–Kier alpha value is -0.850. The summed E-state index contributed by atoms with van der Waals surface area (Å²) in [5.74, 6) is 0.897. The summed E-state index contributed by atoms with van der Waals surface area (Å²) in [7, 11) is 0. The zero-order valence-electron chi connectivity index (χ0n) is 14.3. The molecule has 0 aromatic carbocycles. The molecule has 0 radical (unpaired) electrons. The molecular formula is C18H24N2O2S2. The van der Waals surface area contributed by atoms with Crippen LogP contribution in [0, 0.1) is 13.8 Å². The van der Waals surface area contributed by atoms with Crippen molar-refractivity contribution in [3.05, 3.63) is 20.8 Å². The van der Waals surface area contributed by atoms with Gasteiger partial charge in [-0.25, -0.2) is 4.98 Å². The number of thioether (sulfide) groups is 1. The Morgan fingerprint density at radius 3 is 2.75 bits per heavy atom. The molecule has 2 fully saturated rings. The Kier molecular flexibility index (Phi) is 4.71. The lowest BCUT2D eigenvalue weighted by atomic mass is 10.2. The van der Waals surface area contributed by atoms with E-state index in [0.717, 1.165) is 59.0 Å². The summed E-state index contributed by atoms with van der Waals surface area (Å²) in [6.07, 6.45) is 7.22. The number of aromatic nitrogens is 2. The van der Waals surface area contributed by atoms with Crippen LogP contribution in [0.5, 0.6) is 0 Å². The fraction of sp³-hybridized carbons (Fsp3) is 0.667.